The molecule has 0 N–H and O–H groups in total. The van der Waals surface area contributed by atoms with E-state index in [-0.39, 0.29) is 0 Å². The van der Waals surface area contributed by atoms with Crippen LogP contribution in [0, 0.1) is 20.8 Å². The molecule has 0 amide bonds. The zero-order valence-electron chi connectivity index (χ0n) is 10.5. The van der Waals surface area contributed by atoms with Crippen LogP contribution >= 0.6 is 0 Å². The first kappa shape index (κ1) is 11.6. The van der Waals surface area contributed by atoms with Crippen molar-refractivity contribution in [3.05, 3.63) is 58.4 Å². The first-order valence-corrected chi connectivity index (χ1v) is 5.80. The Balaban J connectivity index is 2.43. The van der Waals surface area contributed by atoms with E-state index in [0.29, 0.717) is 0 Å². The molecule has 17 heavy (non-hydrogen) atoms. The molecule has 2 nitrogen and oxygen atoms in total. The summed E-state index contributed by atoms with van der Waals surface area (Å²) < 4.78 is 2.20. The van der Waals surface area contributed by atoms with Gasteiger partial charge in [-0.1, -0.05) is 30.3 Å². The normalized spacial score (nSPS) is 10.5. The van der Waals surface area contributed by atoms with Gasteiger partial charge in [0.05, 0.1) is 0 Å². The minimum atomic E-state index is 0.827. The van der Waals surface area contributed by atoms with E-state index in [1.54, 1.807) is 0 Å². The molecule has 1 aromatic heterocycles. The maximum Gasteiger partial charge on any atom is 0.152 e. The second-order valence-corrected chi connectivity index (χ2v) is 4.40. The van der Waals surface area contributed by atoms with Crippen LogP contribution in [-0.2, 0) is 6.54 Å². The second kappa shape index (κ2) is 4.58. The lowest BCUT2D eigenvalue weighted by Crippen LogP contribution is -2.04. The van der Waals surface area contributed by atoms with Crippen molar-refractivity contribution in [2.45, 2.75) is 27.3 Å². The van der Waals surface area contributed by atoms with Gasteiger partial charge in [0, 0.05) is 23.5 Å². The molecule has 0 spiro atoms. The molecular weight excluding hydrogens is 210 g/mol. The van der Waals surface area contributed by atoms with Gasteiger partial charge in [-0.25, -0.2) is 0 Å². The molecule has 0 aliphatic heterocycles. The van der Waals surface area contributed by atoms with Gasteiger partial charge in [0.2, 0.25) is 0 Å². The van der Waals surface area contributed by atoms with Crippen molar-refractivity contribution in [2.24, 2.45) is 0 Å². The van der Waals surface area contributed by atoms with Crippen molar-refractivity contribution in [1.29, 1.82) is 0 Å². The monoisotopic (exact) mass is 227 g/mol. The van der Waals surface area contributed by atoms with Gasteiger partial charge in [0.15, 0.2) is 6.29 Å². The van der Waals surface area contributed by atoms with Crippen molar-refractivity contribution < 1.29 is 4.79 Å². The summed E-state index contributed by atoms with van der Waals surface area (Å²) >= 11 is 0. The molecule has 1 aromatic carbocycles. The highest BCUT2D eigenvalue weighted by molar-refractivity contribution is 5.79. The predicted molar refractivity (Wildman–Crippen MR) is 69.6 cm³/mol. The van der Waals surface area contributed by atoms with Gasteiger partial charge in [-0.3, -0.25) is 4.79 Å². The lowest BCUT2D eigenvalue weighted by Gasteiger charge is -2.09. The van der Waals surface area contributed by atoms with Crippen LogP contribution in [0.3, 0.4) is 0 Å². The number of nitrogens with zero attached hydrogens (tertiary/aromatic N) is 1. The van der Waals surface area contributed by atoms with Crippen molar-refractivity contribution in [3.63, 3.8) is 0 Å². The summed E-state index contributed by atoms with van der Waals surface area (Å²) in [5.74, 6) is 0. The number of carbonyl (C=O) groups is 1. The van der Waals surface area contributed by atoms with E-state index in [9.17, 15) is 4.79 Å². The van der Waals surface area contributed by atoms with Crippen molar-refractivity contribution in [1.82, 2.24) is 4.57 Å². The Labute approximate surface area is 102 Å². The molecule has 0 saturated heterocycles. The molecule has 2 rings (SSSR count). The molecule has 2 aromatic rings. The minimum Gasteiger partial charge on any atom is -0.344 e. The summed E-state index contributed by atoms with van der Waals surface area (Å²) in [6.07, 6.45) is 0.957. The summed E-state index contributed by atoms with van der Waals surface area (Å²) in [5.41, 5.74) is 5.41. The van der Waals surface area contributed by atoms with Crippen LogP contribution in [0.15, 0.2) is 30.3 Å². The van der Waals surface area contributed by atoms with E-state index in [1.165, 1.54) is 11.3 Å². The third kappa shape index (κ3) is 2.03. The largest absolute Gasteiger partial charge is 0.344 e. The molecule has 0 saturated carbocycles. The molecule has 0 bridgehead atoms. The third-order valence-electron chi connectivity index (χ3n) is 3.45. The summed E-state index contributed by atoms with van der Waals surface area (Å²) in [4.78, 5) is 11.1. The van der Waals surface area contributed by atoms with Crippen LogP contribution in [0.1, 0.15) is 32.9 Å². The number of rotatable bonds is 3. The van der Waals surface area contributed by atoms with Gasteiger partial charge >= 0.3 is 0 Å². The third-order valence-corrected chi connectivity index (χ3v) is 3.45. The number of aldehydes is 1. The van der Waals surface area contributed by atoms with Crippen LogP contribution in [-0.4, -0.2) is 10.9 Å². The van der Waals surface area contributed by atoms with Gasteiger partial charge in [-0.2, -0.15) is 0 Å². The van der Waals surface area contributed by atoms with E-state index in [1.807, 2.05) is 32.0 Å². The predicted octanol–water partition coefficient (Wildman–Crippen LogP) is 3.27. The molecule has 0 atom stereocenters. The number of hydrogen-bond acceptors (Lipinski definition) is 1. The van der Waals surface area contributed by atoms with E-state index in [2.05, 4.69) is 23.6 Å². The first-order chi connectivity index (χ1) is 8.15. The molecule has 0 aliphatic carbocycles. The average Bonchev–Trinajstić information content (AvgIpc) is 2.55. The van der Waals surface area contributed by atoms with E-state index in [4.69, 9.17) is 0 Å². The van der Waals surface area contributed by atoms with Gasteiger partial charge in [0.25, 0.3) is 0 Å². The maximum absolute atomic E-state index is 11.1. The Bertz CT molecular complexity index is 538. The molecule has 1 heterocycles. The summed E-state index contributed by atoms with van der Waals surface area (Å²) in [6.45, 7) is 6.91. The standard InChI is InChI=1S/C15H17NO/c1-11-12(2)16(13(3)15(11)10-17)9-14-7-5-4-6-8-14/h4-8,10H,9H2,1-3H3. The SMILES string of the molecule is Cc1c(C=O)c(C)n(Cc2ccccc2)c1C. The zero-order chi connectivity index (χ0) is 12.4. The van der Waals surface area contributed by atoms with Crippen molar-refractivity contribution in [3.8, 4) is 0 Å². The molecular formula is C15H17NO. The summed E-state index contributed by atoms with van der Waals surface area (Å²) in [7, 11) is 0. The zero-order valence-corrected chi connectivity index (χ0v) is 10.5. The highest BCUT2D eigenvalue weighted by Crippen LogP contribution is 2.21. The van der Waals surface area contributed by atoms with Gasteiger partial charge in [-0.05, 0) is 31.9 Å². The fraction of sp³-hybridized carbons (Fsp3) is 0.267. The lowest BCUT2D eigenvalue weighted by atomic mass is 10.1. The minimum absolute atomic E-state index is 0.827. The highest BCUT2D eigenvalue weighted by Gasteiger charge is 2.13. The first-order valence-electron chi connectivity index (χ1n) is 5.80. The van der Waals surface area contributed by atoms with Gasteiger partial charge in [0.1, 0.15) is 0 Å². The number of benzene rings is 1. The number of hydrogen-bond donors (Lipinski definition) is 0. The van der Waals surface area contributed by atoms with Crippen LogP contribution in [0.5, 0.6) is 0 Å². The maximum atomic E-state index is 11.1. The van der Waals surface area contributed by atoms with E-state index < -0.39 is 0 Å². The lowest BCUT2D eigenvalue weighted by molar-refractivity contribution is 0.112. The van der Waals surface area contributed by atoms with Crippen LogP contribution in [0.2, 0.25) is 0 Å². The van der Waals surface area contributed by atoms with Crippen LogP contribution in [0.25, 0.3) is 0 Å². The highest BCUT2D eigenvalue weighted by atomic mass is 16.1. The Morgan fingerprint density at radius 1 is 1.06 bits per heavy atom. The number of carbonyl (C=O) groups excluding carboxylic acids is 1. The van der Waals surface area contributed by atoms with E-state index in [0.717, 1.165) is 29.7 Å². The van der Waals surface area contributed by atoms with Crippen LogP contribution < -0.4 is 0 Å². The molecule has 88 valence electrons. The smallest absolute Gasteiger partial charge is 0.152 e. The van der Waals surface area contributed by atoms with Crippen molar-refractivity contribution in [2.75, 3.05) is 0 Å². The summed E-state index contributed by atoms with van der Waals surface area (Å²) in [5, 5.41) is 0. The van der Waals surface area contributed by atoms with Gasteiger partial charge < -0.3 is 4.57 Å². The van der Waals surface area contributed by atoms with E-state index >= 15 is 0 Å². The Hall–Kier alpha value is -1.83. The molecule has 0 fully saturated rings. The van der Waals surface area contributed by atoms with Crippen LogP contribution in [0.4, 0.5) is 0 Å². The quantitative estimate of drug-likeness (QED) is 0.738. The van der Waals surface area contributed by atoms with Gasteiger partial charge in [-0.15, -0.1) is 0 Å². The topological polar surface area (TPSA) is 22.0 Å². The molecule has 0 unspecified atom stereocenters. The summed E-state index contributed by atoms with van der Waals surface area (Å²) in [6, 6.07) is 10.3. The Kier molecular flexibility index (Phi) is 3.14. The fourth-order valence-electron chi connectivity index (χ4n) is 2.24. The Morgan fingerprint density at radius 2 is 1.71 bits per heavy atom. The molecule has 2 heteroatoms. The fourth-order valence-corrected chi connectivity index (χ4v) is 2.24. The average molecular weight is 227 g/mol. The molecule has 0 aliphatic rings. The number of aromatic nitrogens is 1. The molecule has 0 radical (unpaired) electrons. The van der Waals surface area contributed by atoms with Crippen molar-refractivity contribution >= 4 is 6.29 Å². The second-order valence-electron chi connectivity index (χ2n) is 4.40. The Morgan fingerprint density at radius 3 is 2.24 bits per heavy atom.